The van der Waals surface area contributed by atoms with Crippen LogP contribution >= 0.6 is 22.9 Å². The van der Waals surface area contributed by atoms with Gasteiger partial charge in [0.25, 0.3) is 0 Å². The lowest BCUT2D eigenvalue weighted by molar-refractivity contribution is 0.580. The smallest absolute Gasteiger partial charge is 0.0931 e. The maximum absolute atomic E-state index is 5.93. The van der Waals surface area contributed by atoms with Crippen molar-refractivity contribution < 1.29 is 0 Å². The van der Waals surface area contributed by atoms with Gasteiger partial charge in [0.2, 0.25) is 0 Å². The van der Waals surface area contributed by atoms with Gasteiger partial charge in [-0.05, 0) is 32.9 Å². The number of rotatable bonds is 4. The van der Waals surface area contributed by atoms with Crippen LogP contribution in [-0.2, 0) is 6.54 Å². The molecular formula is C12H16ClN3S. The van der Waals surface area contributed by atoms with Crippen molar-refractivity contribution in [2.75, 3.05) is 0 Å². The first-order chi connectivity index (χ1) is 8.08. The molecule has 0 bridgehead atoms. The molecule has 0 fully saturated rings. The Morgan fingerprint density at radius 2 is 2.24 bits per heavy atom. The highest BCUT2D eigenvalue weighted by Gasteiger charge is 2.10. The number of aromatic amines is 1. The molecule has 92 valence electrons. The number of thiophene rings is 1. The number of aryl methyl sites for hydroxylation is 2. The molecule has 2 N–H and O–H groups in total. The van der Waals surface area contributed by atoms with Crippen LogP contribution in [0.1, 0.15) is 34.8 Å². The van der Waals surface area contributed by atoms with E-state index in [1.54, 1.807) is 11.3 Å². The van der Waals surface area contributed by atoms with Crippen molar-refractivity contribution in [3.8, 4) is 0 Å². The van der Waals surface area contributed by atoms with Crippen molar-refractivity contribution >= 4 is 22.9 Å². The van der Waals surface area contributed by atoms with Crippen LogP contribution in [-0.4, -0.2) is 10.2 Å². The summed E-state index contributed by atoms with van der Waals surface area (Å²) in [5.74, 6) is 0. The summed E-state index contributed by atoms with van der Waals surface area (Å²) >= 11 is 7.55. The number of halogens is 1. The van der Waals surface area contributed by atoms with E-state index in [1.165, 1.54) is 10.4 Å². The van der Waals surface area contributed by atoms with Gasteiger partial charge in [-0.3, -0.25) is 5.10 Å². The summed E-state index contributed by atoms with van der Waals surface area (Å²) in [4.78, 5) is 1.26. The third-order valence-corrected chi connectivity index (χ3v) is 4.30. The van der Waals surface area contributed by atoms with Crippen LogP contribution in [0.2, 0.25) is 4.34 Å². The Morgan fingerprint density at radius 3 is 2.76 bits per heavy atom. The van der Waals surface area contributed by atoms with Gasteiger partial charge in [0.05, 0.1) is 10.0 Å². The lowest BCUT2D eigenvalue weighted by Crippen LogP contribution is -2.17. The molecule has 3 nitrogen and oxygen atoms in total. The molecule has 0 aliphatic carbocycles. The Balaban J connectivity index is 1.99. The first-order valence-electron chi connectivity index (χ1n) is 5.57. The summed E-state index contributed by atoms with van der Waals surface area (Å²) < 4.78 is 0.837. The van der Waals surface area contributed by atoms with Gasteiger partial charge < -0.3 is 5.32 Å². The zero-order valence-corrected chi connectivity index (χ0v) is 11.7. The Hall–Kier alpha value is -0.840. The largest absolute Gasteiger partial charge is 0.305 e. The molecule has 0 saturated heterocycles. The minimum absolute atomic E-state index is 0.307. The molecule has 0 amide bonds. The maximum atomic E-state index is 5.93. The highest BCUT2D eigenvalue weighted by atomic mass is 35.5. The van der Waals surface area contributed by atoms with Crippen molar-refractivity contribution in [3.05, 3.63) is 38.3 Å². The molecule has 2 aromatic rings. The van der Waals surface area contributed by atoms with E-state index in [0.717, 1.165) is 22.3 Å². The van der Waals surface area contributed by atoms with Crippen LogP contribution in [0, 0.1) is 13.8 Å². The van der Waals surface area contributed by atoms with Crippen LogP contribution < -0.4 is 5.32 Å². The highest BCUT2D eigenvalue weighted by Crippen LogP contribution is 2.26. The van der Waals surface area contributed by atoms with Crippen molar-refractivity contribution in [1.29, 1.82) is 0 Å². The average molecular weight is 270 g/mol. The van der Waals surface area contributed by atoms with Gasteiger partial charge in [-0.2, -0.15) is 5.10 Å². The fourth-order valence-electron chi connectivity index (χ4n) is 1.75. The van der Waals surface area contributed by atoms with Crippen LogP contribution in [0.25, 0.3) is 0 Å². The molecule has 2 rings (SSSR count). The standard InChI is InChI=1S/C12H16ClN3S/c1-7-10(8(2)16-15-7)6-14-9(3)11-4-5-12(13)17-11/h4-5,9,14H,6H2,1-3H3,(H,15,16). The number of hydrogen-bond acceptors (Lipinski definition) is 3. The molecule has 5 heteroatoms. The topological polar surface area (TPSA) is 40.7 Å². The normalized spacial score (nSPS) is 12.9. The molecule has 0 radical (unpaired) electrons. The quantitative estimate of drug-likeness (QED) is 0.891. The van der Waals surface area contributed by atoms with E-state index in [9.17, 15) is 0 Å². The van der Waals surface area contributed by atoms with E-state index < -0.39 is 0 Å². The summed E-state index contributed by atoms with van der Waals surface area (Å²) in [5.41, 5.74) is 3.44. The number of aromatic nitrogens is 2. The van der Waals surface area contributed by atoms with E-state index in [1.807, 2.05) is 19.9 Å². The molecule has 1 atom stereocenters. The Bertz CT molecular complexity index is 484. The summed E-state index contributed by atoms with van der Waals surface area (Å²) in [6.45, 7) is 7.04. The third-order valence-electron chi connectivity index (χ3n) is 2.89. The fraction of sp³-hybridized carbons (Fsp3) is 0.417. The second kappa shape index (κ2) is 5.21. The third kappa shape index (κ3) is 2.89. The maximum Gasteiger partial charge on any atom is 0.0931 e. The molecule has 17 heavy (non-hydrogen) atoms. The zero-order valence-electron chi connectivity index (χ0n) is 10.2. The molecule has 0 aromatic carbocycles. The number of nitrogens with zero attached hydrogens (tertiary/aromatic N) is 1. The lowest BCUT2D eigenvalue weighted by atomic mass is 10.2. The first-order valence-corrected chi connectivity index (χ1v) is 6.76. The van der Waals surface area contributed by atoms with Crippen LogP contribution in [0.5, 0.6) is 0 Å². The SMILES string of the molecule is Cc1n[nH]c(C)c1CNC(C)c1ccc(Cl)s1. The van der Waals surface area contributed by atoms with Gasteiger partial charge in [-0.15, -0.1) is 11.3 Å². The van der Waals surface area contributed by atoms with Gasteiger partial charge in [0.15, 0.2) is 0 Å². The number of nitrogens with one attached hydrogen (secondary N) is 2. The molecule has 2 aromatic heterocycles. The monoisotopic (exact) mass is 269 g/mol. The Kier molecular flexibility index (Phi) is 3.86. The van der Waals surface area contributed by atoms with Gasteiger partial charge >= 0.3 is 0 Å². The minimum atomic E-state index is 0.307. The van der Waals surface area contributed by atoms with Gasteiger partial charge in [-0.1, -0.05) is 11.6 Å². The molecule has 0 aliphatic rings. The van der Waals surface area contributed by atoms with Crippen molar-refractivity contribution in [1.82, 2.24) is 15.5 Å². The van der Waals surface area contributed by atoms with E-state index >= 15 is 0 Å². The van der Waals surface area contributed by atoms with Gasteiger partial charge in [0.1, 0.15) is 0 Å². The average Bonchev–Trinajstić information content (AvgIpc) is 2.84. The lowest BCUT2D eigenvalue weighted by Gasteiger charge is -2.12. The van der Waals surface area contributed by atoms with E-state index in [2.05, 4.69) is 28.5 Å². The van der Waals surface area contributed by atoms with Crippen LogP contribution in [0.3, 0.4) is 0 Å². The highest BCUT2D eigenvalue weighted by molar-refractivity contribution is 7.16. The molecule has 1 unspecified atom stereocenters. The summed E-state index contributed by atoms with van der Waals surface area (Å²) in [6.07, 6.45) is 0. The van der Waals surface area contributed by atoms with Gasteiger partial charge in [-0.25, -0.2) is 0 Å². The van der Waals surface area contributed by atoms with Crippen molar-refractivity contribution in [2.45, 2.75) is 33.4 Å². The molecule has 0 saturated carbocycles. The molecule has 0 aliphatic heterocycles. The van der Waals surface area contributed by atoms with E-state index in [4.69, 9.17) is 11.6 Å². The second-order valence-corrected chi connectivity index (χ2v) is 5.90. The van der Waals surface area contributed by atoms with Crippen molar-refractivity contribution in [2.24, 2.45) is 0 Å². The predicted octanol–water partition coefficient (Wildman–Crippen LogP) is 3.59. The first kappa shape index (κ1) is 12.6. The Morgan fingerprint density at radius 1 is 1.47 bits per heavy atom. The summed E-state index contributed by atoms with van der Waals surface area (Å²) in [6, 6.07) is 4.31. The van der Waals surface area contributed by atoms with Crippen molar-refractivity contribution in [3.63, 3.8) is 0 Å². The molecular weight excluding hydrogens is 254 g/mol. The van der Waals surface area contributed by atoms with Crippen LogP contribution in [0.4, 0.5) is 0 Å². The fourth-order valence-corrected chi connectivity index (χ4v) is 2.84. The second-order valence-electron chi connectivity index (χ2n) is 4.16. The van der Waals surface area contributed by atoms with Gasteiger partial charge in [0, 0.05) is 28.7 Å². The Labute approximate surface area is 110 Å². The number of hydrogen-bond donors (Lipinski definition) is 2. The summed E-state index contributed by atoms with van der Waals surface area (Å²) in [5, 5.41) is 10.7. The van der Waals surface area contributed by atoms with E-state index in [0.29, 0.717) is 6.04 Å². The summed E-state index contributed by atoms with van der Waals surface area (Å²) in [7, 11) is 0. The zero-order chi connectivity index (χ0) is 12.4. The molecule has 0 spiro atoms. The minimum Gasteiger partial charge on any atom is -0.305 e. The van der Waals surface area contributed by atoms with E-state index in [-0.39, 0.29) is 0 Å². The predicted molar refractivity (Wildman–Crippen MR) is 72.6 cm³/mol. The van der Waals surface area contributed by atoms with Crippen LogP contribution in [0.15, 0.2) is 12.1 Å². The molecule has 2 heterocycles. The number of H-pyrrole nitrogens is 1.